The molecule has 0 radical (unpaired) electrons. The molecule has 74 valence electrons. The van der Waals surface area contributed by atoms with Gasteiger partial charge in [-0.3, -0.25) is 4.79 Å². The summed E-state index contributed by atoms with van der Waals surface area (Å²) in [5.74, 6) is 0.114. The van der Waals surface area contributed by atoms with Crippen LogP contribution in [0.3, 0.4) is 0 Å². The minimum atomic E-state index is 0.114. The van der Waals surface area contributed by atoms with Crippen molar-refractivity contribution in [2.75, 3.05) is 18.0 Å². The molecule has 0 aromatic heterocycles. The van der Waals surface area contributed by atoms with Gasteiger partial charge in [-0.25, -0.2) is 0 Å². The standard InChI is InChI=1S/C11H14N2O/c1-9(14)13(11-7-12-8-11)10-5-3-2-4-6-10/h2-6,11-12H,7-8H2,1H3. The number of carbonyl (C=O) groups excluding carboxylic acids is 1. The van der Waals surface area contributed by atoms with E-state index < -0.39 is 0 Å². The maximum Gasteiger partial charge on any atom is 0.224 e. The van der Waals surface area contributed by atoms with Crippen LogP contribution in [0.2, 0.25) is 0 Å². The van der Waals surface area contributed by atoms with Crippen LogP contribution < -0.4 is 10.2 Å². The summed E-state index contributed by atoms with van der Waals surface area (Å²) in [6.45, 7) is 3.41. The molecule has 0 saturated carbocycles. The highest BCUT2D eigenvalue weighted by atomic mass is 16.2. The topological polar surface area (TPSA) is 32.3 Å². The van der Waals surface area contributed by atoms with Crippen LogP contribution in [0, 0.1) is 0 Å². The van der Waals surface area contributed by atoms with Gasteiger partial charge in [-0.05, 0) is 12.1 Å². The van der Waals surface area contributed by atoms with Crippen LogP contribution in [-0.4, -0.2) is 25.0 Å². The molecule has 1 aliphatic heterocycles. The van der Waals surface area contributed by atoms with E-state index in [0.29, 0.717) is 6.04 Å². The molecule has 3 nitrogen and oxygen atoms in total. The van der Waals surface area contributed by atoms with Crippen molar-refractivity contribution in [3.63, 3.8) is 0 Å². The number of para-hydroxylation sites is 1. The number of amides is 1. The Kier molecular flexibility index (Phi) is 2.50. The van der Waals surface area contributed by atoms with Crippen molar-refractivity contribution < 1.29 is 4.79 Å². The molecule has 1 aromatic rings. The van der Waals surface area contributed by atoms with Gasteiger partial charge in [0.1, 0.15) is 0 Å². The molecule has 1 aromatic carbocycles. The van der Waals surface area contributed by atoms with E-state index in [-0.39, 0.29) is 5.91 Å². The number of carbonyl (C=O) groups is 1. The van der Waals surface area contributed by atoms with Crippen LogP contribution in [-0.2, 0) is 4.79 Å². The molecule has 1 saturated heterocycles. The Morgan fingerprint density at radius 2 is 2.00 bits per heavy atom. The van der Waals surface area contributed by atoms with Crippen LogP contribution >= 0.6 is 0 Å². The van der Waals surface area contributed by atoms with E-state index in [4.69, 9.17) is 0 Å². The van der Waals surface area contributed by atoms with Gasteiger partial charge in [-0.15, -0.1) is 0 Å². The van der Waals surface area contributed by atoms with Crippen LogP contribution in [0.25, 0.3) is 0 Å². The molecule has 0 aliphatic carbocycles. The first-order valence-corrected chi connectivity index (χ1v) is 4.84. The molecule has 2 rings (SSSR count). The molecule has 14 heavy (non-hydrogen) atoms. The van der Waals surface area contributed by atoms with Crippen molar-refractivity contribution >= 4 is 11.6 Å². The molecule has 1 fully saturated rings. The fourth-order valence-electron chi connectivity index (χ4n) is 1.69. The molecular formula is C11H14N2O. The van der Waals surface area contributed by atoms with Crippen LogP contribution in [0.1, 0.15) is 6.92 Å². The third-order valence-corrected chi connectivity index (χ3v) is 2.50. The summed E-state index contributed by atoms with van der Waals surface area (Å²) in [7, 11) is 0. The lowest BCUT2D eigenvalue weighted by Gasteiger charge is -2.37. The first kappa shape index (κ1) is 9.21. The van der Waals surface area contributed by atoms with Crippen LogP contribution in [0.5, 0.6) is 0 Å². The normalized spacial score (nSPS) is 16.1. The monoisotopic (exact) mass is 190 g/mol. The van der Waals surface area contributed by atoms with Gasteiger partial charge >= 0.3 is 0 Å². The summed E-state index contributed by atoms with van der Waals surface area (Å²) in [6, 6.07) is 10.1. The quantitative estimate of drug-likeness (QED) is 0.755. The average Bonchev–Trinajstić information content (AvgIpc) is 2.12. The fourth-order valence-corrected chi connectivity index (χ4v) is 1.69. The second-order valence-electron chi connectivity index (χ2n) is 3.54. The van der Waals surface area contributed by atoms with Gasteiger partial charge in [0.25, 0.3) is 0 Å². The van der Waals surface area contributed by atoms with Gasteiger partial charge in [0, 0.05) is 25.7 Å². The zero-order chi connectivity index (χ0) is 9.97. The van der Waals surface area contributed by atoms with E-state index in [2.05, 4.69) is 5.32 Å². The Balaban J connectivity index is 2.22. The Hall–Kier alpha value is -1.35. The summed E-state index contributed by atoms with van der Waals surface area (Å²) in [4.78, 5) is 13.3. The average molecular weight is 190 g/mol. The number of anilines is 1. The molecule has 0 spiro atoms. The van der Waals surface area contributed by atoms with Gasteiger partial charge in [0.05, 0.1) is 6.04 Å². The maximum absolute atomic E-state index is 11.5. The van der Waals surface area contributed by atoms with Crippen LogP contribution in [0.4, 0.5) is 5.69 Å². The van der Waals surface area contributed by atoms with E-state index in [1.807, 2.05) is 35.2 Å². The van der Waals surface area contributed by atoms with E-state index in [1.54, 1.807) is 6.92 Å². The molecule has 1 aliphatic rings. The molecule has 1 heterocycles. The number of benzene rings is 1. The third-order valence-electron chi connectivity index (χ3n) is 2.50. The first-order valence-electron chi connectivity index (χ1n) is 4.84. The largest absolute Gasteiger partial charge is 0.313 e. The second kappa shape index (κ2) is 3.80. The summed E-state index contributed by atoms with van der Waals surface area (Å²) >= 11 is 0. The molecule has 0 unspecified atom stereocenters. The minimum Gasteiger partial charge on any atom is -0.313 e. The number of nitrogens with one attached hydrogen (secondary N) is 1. The lowest BCUT2D eigenvalue weighted by molar-refractivity contribution is -0.117. The number of hydrogen-bond donors (Lipinski definition) is 1. The minimum absolute atomic E-state index is 0.114. The highest BCUT2D eigenvalue weighted by Gasteiger charge is 2.27. The van der Waals surface area contributed by atoms with E-state index in [0.717, 1.165) is 18.8 Å². The number of hydrogen-bond acceptors (Lipinski definition) is 2. The van der Waals surface area contributed by atoms with Crippen molar-refractivity contribution in [1.82, 2.24) is 5.32 Å². The van der Waals surface area contributed by atoms with Gasteiger partial charge in [-0.2, -0.15) is 0 Å². The van der Waals surface area contributed by atoms with Crippen molar-refractivity contribution in [3.8, 4) is 0 Å². The maximum atomic E-state index is 11.5. The van der Waals surface area contributed by atoms with Gasteiger partial charge in [-0.1, -0.05) is 18.2 Å². The van der Waals surface area contributed by atoms with Crippen molar-refractivity contribution in [2.45, 2.75) is 13.0 Å². The lowest BCUT2D eigenvalue weighted by Crippen LogP contribution is -2.58. The Labute approximate surface area is 83.7 Å². The van der Waals surface area contributed by atoms with Crippen molar-refractivity contribution in [2.24, 2.45) is 0 Å². The predicted molar refractivity (Wildman–Crippen MR) is 56.3 cm³/mol. The lowest BCUT2D eigenvalue weighted by atomic mass is 10.1. The summed E-state index contributed by atoms with van der Waals surface area (Å²) in [5, 5.41) is 3.17. The van der Waals surface area contributed by atoms with E-state index >= 15 is 0 Å². The van der Waals surface area contributed by atoms with E-state index in [9.17, 15) is 4.79 Å². The zero-order valence-electron chi connectivity index (χ0n) is 8.23. The molecule has 1 N–H and O–H groups in total. The molecule has 0 bridgehead atoms. The summed E-state index contributed by atoms with van der Waals surface area (Å²) in [5.41, 5.74) is 0.992. The Morgan fingerprint density at radius 1 is 1.36 bits per heavy atom. The smallest absolute Gasteiger partial charge is 0.224 e. The van der Waals surface area contributed by atoms with Crippen LogP contribution in [0.15, 0.2) is 30.3 Å². The molecule has 3 heteroatoms. The SMILES string of the molecule is CC(=O)N(c1ccccc1)C1CNC1. The second-order valence-corrected chi connectivity index (χ2v) is 3.54. The van der Waals surface area contributed by atoms with Gasteiger partial charge < -0.3 is 10.2 Å². The van der Waals surface area contributed by atoms with Crippen molar-refractivity contribution in [1.29, 1.82) is 0 Å². The molecular weight excluding hydrogens is 176 g/mol. The van der Waals surface area contributed by atoms with Gasteiger partial charge in [0.15, 0.2) is 0 Å². The fraction of sp³-hybridized carbons (Fsp3) is 0.364. The zero-order valence-corrected chi connectivity index (χ0v) is 8.23. The summed E-state index contributed by atoms with van der Waals surface area (Å²) < 4.78 is 0. The third kappa shape index (κ3) is 1.63. The molecule has 0 atom stereocenters. The number of rotatable bonds is 2. The van der Waals surface area contributed by atoms with E-state index in [1.165, 1.54) is 0 Å². The Bertz CT molecular complexity index is 319. The molecule has 1 amide bonds. The first-order chi connectivity index (χ1) is 6.79. The summed E-state index contributed by atoms with van der Waals surface area (Å²) in [6.07, 6.45) is 0. The van der Waals surface area contributed by atoms with Gasteiger partial charge in [0.2, 0.25) is 5.91 Å². The highest BCUT2D eigenvalue weighted by Crippen LogP contribution is 2.18. The highest BCUT2D eigenvalue weighted by molar-refractivity contribution is 5.92. The predicted octanol–water partition coefficient (Wildman–Crippen LogP) is 1.01. The Morgan fingerprint density at radius 3 is 2.43 bits per heavy atom. The van der Waals surface area contributed by atoms with Crippen molar-refractivity contribution in [3.05, 3.63) is 30.3 Å². The number of nitrogens with zero attached hydrogens (tertiary/aromatic N) is 1.